The van der Waals surface area contributed by atoms with Gasteiger partial charge in [0.2, 0.25) is 0 Å². The zero-order chi connectivity index (χ0) is 16.1. The second-order valence-corrected chi connectivity index (χ2v) is 11.4. The fourth-order valence-electron chi connectivity index (χ4n) is 1.90. The van der Waals surface area contributed by atoms with E-state index in [9.17, 15) is 17.3 Å². The highest BCUT2D eigenvalue weighted by Crippen LogP contribution is 2.47. The van der Waals surface area contributed by atoms with Gasteiger partial charge in [-0.1, -0.05) is 51.9 Å². The molecule has 0 rings (SSSR count). The van der Waals surface area contributed by atoms with E-state index < -0.39 is 14.5 Å². The summed E-state index contributed by atoms with van der Waals surface area (Å²) in [7, 11) is -6.49. The van der Waals surface area contributed by atoms with E-state index in [1.807, 2.05) is 0 Å². The third-order valence-corrected chi connectivity index (χ3v) is 4.59. The summed E-state index contributed by atoms with van der Waals surface area (Å²) in [5.41, 5.74) is 0. The number of rotatable bonds is 10. The first kappa shape index (κ1) is 22.5. The molecule has 0 N–H and O–H groups in total. The molecule has 0 aliphatic carbocycles. The molecule has 0 aromatic heterocycles. The highest BCUT2D eigenvalue weighted by molar-refractivity contribution is 7.73. The molecular formula is C14H32BF4P. The molecule has 0 aromatic carbocycles. The van der Waals surface area contributed by atoms with Crippen LogP contribution < -0.4 is 0 Å². The molecule has 0 aliphatic heterocycles. The largest absolute Gasteiger partial charge is 0.673 e. The van der Waals surface area contributed by atoms with Crippen molar-refractivity contribution in [1.29, 1.82) is 0 Å². The summed E-state index contributed by atoms with van der Waals surface area (Å²) < 4.78 is 39.0. The third-order valence-electron chi connectivity index (χ3n) is 2.93. The van der Waals surface area contributed by atoms with Crippen LogP contribution in [0.5, 0.6) is 0 Å². The Bertz CT molecular complexity index is 196. The van der Waals surface area contributed by atoms with E-state index >= 15 is 0 Å². The molecule has 0 bridgehead atoms. The van der Waals surface area contributed by atoms with Gasteiger partial charge in [0.05, 0.1) is 6.16 Å². The number of unbranched alkanes of at least 4 members (excludes halogenated alkanes) is 8. The SMILES string of the molecule is CCCCCCCCCCC[P+](C)(C)C.F[B-](F)(F)F. The van der Waals surface area contributed by atoms with Crippen LogP contribution in [0.2, 0.25) is 0 Å². The van der Waals surface area contributed by atoms with Crippen LogP contribution in [0.15, 0.2) is 0 Å². The van der Waals surface area contributed by atoms with Crippen LogP contribution >= 0.6 is 7.26 Å². The molecule has 0 heterocycles. The molecule has 0 atom stereocenters. The van der Waals surface area contributed by atoms with Crippen LogP contribution in [0, 0.1) is 0 Å². The summed E-state index contributed by atoms with van der Waals surface area (Å²) in [6.45, 7) is 9.66. The van der Waals surface area contributed by atoms with Gasteiger partial charge in [0, 0.05) is 27.3 Å². The van der Waals surface area contributed by atoms with Crippen LogP contribution in [0.3, 0.4) is 0 Å². The van der Waals surface area contributed by atoms with E-state index in [1.54, 1.807) is 0 Å². The van der Waals surface area contributed by atoms with Gasteiger partial charge < -0.3 is 17.3 Å². The monoisotopic (exact) mass is 318 g/mol. The number of hydrogen-bond acceptors (Lipinski definition) is 0. The Balaban J connectivity index is 0. The Morgan fingerprint density at radius 2 is 0.950 bits per heavy atom. The molecule has 0 aliphatic rings. The van der Waals surface area contributed by atoms with Crippen LogP contribution in [0.1, 0.15) is 64.7 Å². The first-order valence-corrected chi connectivity index (χ1v) is 11.1. The van der Waals surface area contributed by atoms with E-state index in [0.717, 1.165) is 0 Å². The highest BCUT2D eigenvalue weighted by atomic mass is 31.2. The van der Waals surface area contributed by atoms with Gasteiger partial charge in [-0.25, -0.2) is 0 Å². The van der Waals surface area contributed by atoms with Gasteiger partial charge in [-0.15, -0.1) is 0 Å². The number of hydrogen-bond donors (Lipinski definition) is 0. The van der Waals surface area contributed by atoms with Gasteiger partial charge >= 0.3 is 7.25 Å². The van der Waals surface area contributed by atoms with Crippen molar-refractivity contribution < 1.29 is 17.3 Å². The quantitative estimate of drug-likeness (QED) is 0.181. The molecule has 0 aromatic rings. The molecule has 124 valence electrons. The molecule has 0 fully saturated rings. The van der Waals surface area contributed by atoms with Crippen molar-refractivity contribution in [2.75, 3.05) is 26.2 Å². The topological polar surface area (TPSA) is 0 Å². The Hall–Kier alpha value is 0.215. The third kappa shape index (κ3) is 36.2. The van der Waals surface area contributed by atoms with Crippen LogP contribution in [0.4, 0.5) is 17.3 Å². The molecule has 0 nitrogen and oxygen atoms in total. The predicted molar refractivity (Wildman–Crippen MR) is 87.0 cm³/mol. The molecule has 0 spiro atoms. The summed E-state index contributed by atoms with van der Waals surface area (Å²) >= 11 is 0. The zero-order valence-electron chi connectivity index (χ0n) is 13.6. The maximum Gasteiger partial charge on any atom is 0.673 e. The van der Waals surface area contributed by atoms with Gasteiger partial charge in [0.1, 0.15) is 0 Å². The lowest BCUT2D eigenvalue weighted by Crippen LogP contribution is -2.02. The van der Waals surface area contributed by atoms with Crippen molar-refractivity contribution >= 4 is 14.5 Å². The Labute approximate surface area is 123 Å². The molecular weight excluding hydrogens is 286 g/mol. The fraction of sp³-hybridized carbons (Fsp3) is 1.00. The normalized spacial score (nSPS) is 12.0. The van der Waals surface area contributed by atoms with Gasteiger partial charge in [0.25, 0.3) is 0 Å². The Kier molecular flexibility index (Phi) is 14.5. The molecule has 6 heteroatoms. The molecule has 20 heavy (non-hydrogen) atoms. The lowest BCUT2D eigenvalue weighted by molar-refractivity contribution is 0.368. The molecule has 0 radical (unpaired) electrons. The predicted octanol–water partition coefficient (Wildman–Crippen LogP) is 6.72. The van der Waals surface area contributed by atoms with Crippen molar-refractivity contribution in [2.24, 2.45) is 0 Å². The number of halogens is 4. The second-order valence-electron chi connectivity index (χ2n) is 6.34. The lowest BCUT2D eigenvalue weighted by atomic mass is 10.1. The highest BCUT2D eigenvalue weighted by Gasteiger charge is 2.20. The zero-order valence-corrected chi connectivity index (χ0v) is 14.5. The van der Waals surface area contributed by atoms with Crippen molar-refractivity contribution in [1.82, 2.24) is 0 Å². The average Bonchev–Trinajstić information content (AvgIpc) is 2.23. The lowest BCUT2D eigenvalue weighted by Gasteiger charge is -2.10. The molecule has 0 saturated heterocycles. The van der Waals surface area contributed by atoms with Crippen molar-refractivity contribution in [3.63, 3.8) is 0 Å². The van der Waals surface area contributed by atoms with E-state index in [0.29, 0.717) is 0 Å². The molecule has 0 amide bonds. The minimum absolute atomic E-state index is 0.486. The Morgan fingerprint density at radius 1 is 0.650 bits per heavy atom. The fourth-order valence-corrected chi connectivity index (χ4v) is 3.07. The first-order valence-electron chi connectivity index (χ1n) is 7.74. The molecule has 0 saturated carbocycles. The van der Waals surface area contributed by atoms with Crippen molar-refractivity contribution in [2.45, 2.75) is 64.7 Å². The van der Waals surface area contributed by atoms with E-state index in [2.05, 4.69) is 26.9 Å². The van der Waals surface area contributed by atoms with Crippen molar-refractivity contribution in [3.8, 4) is 0 Å². The Morgan fingerprint density at radius 3 is 1.25 bits per heavy atom. The van der Waals surface area contributed by atoms with Gasteiger partial charge in [-0.3, -0.25) is 0 Å². The van der Waals surface area contributed by atoms with Gasteiger partial charge in [-0.05, 0) is 12.8 Å². The van der Waals surface area contributed by atoms with Crippen molar-refractivity contribution in [3.05, 3.63) is 0 Å². The van der Waals surface area contributed by atoms with Crippen LogP contribution in [-0.4, -0.2) is 33.4 Å². The average molecular weight is 318 g/mol. The van der Waals surface area contributed by atoms with Gasteiger partial charge in [-0.2, -0.15) is 0 Å². The summed E-state index contributed by atoms with van der Waals surface area (Å²) in [4.78, 5) is 0. The van der Waals surface area contributed by atoms with Gasteiger partial charge in [0.15, 0.2) is 0 Å². The summed E-state index contributed by atoms with van der Waals surface area (Å²) in [6, 6.07) is 0. The summed E-state index contributed by atoms with van der Waals surface area (Å²) in [5, 5.41) is 0. The molecule has 0 unspecified atom stereocenters. The van der Waals surface area contributed by atoms with Crippen LogP contribution in [0.25, 0.3) is 0 Å². The maximum absolute atomic E-state index is 9.75. The summed E-state index contributed by atoms with van der Waals surface area (Å²) in [6.07, 6.45) is 14.6. The first-order chi connectivity index (χ1) is 9.06. The maximum atomic E-state index is 9.75. The minimum atomic E-state index is -6.00. The van der Waals surface area contributed by atoms with Crippen LogP contribution in [-0.2, 0) is 0 Å². The summed E-state index contributed by atoms with van der Waals surface area (Å²) in [5.74, 6) is 0. The van der Waals surface area contributed by atoms with E-state index in [4.69, 9.17) is 0 Å². The van der Waals surface area contributed by atoms with E-state index in [1.165, 1.54) is 63.9 Å². The smallest absolute Gasteiger partial charge is 0.418 e. The standard InChI is InChI=1S/C14H32P.BF4/c1-5-6-7-8-9-10-11-12-13-14-15(2,3)4;2-1(3,4)5/h5-14H2,1-4H3;/q+1;-1. The van der Waals surface area contributed by atoms with E-state index in [-0.39, 0.29) is 0 Å². The second kappa shape index (κ2) is 12.9. The minimum Gasteiger partial charge on any atom is -0.418 e.